The lowest BCUT2D eigenvalue weighted by Crippen LogP contribution is -2.51. The summed E-state index contributed by atoms with van der Waals surface area (Å²) in [7, 11) is 0. The molecule has 0 aromatic carbocycles. The Labute approximate surface area is 117 Å². The highest BCUT2D eigenvalue weighted by atomic mass is 19.4. The fraction of sp³-hybridized carbons (Fsp3) is 1.00. The molecular formula is C12H17F7O2. The van der Waals surface area contributed by atoms with Crippen molar-refractivity contribution in [1.82, 2.24) is 0 Å². The van der Waals surface area contributed by atoms with Crippen LogP contribution in [0.4, 0.5) is 30.7 Å². The van der Waals surface area contributed by atoms with E-state index in [-0.39, 0.29) is 19.3 Å². The molecule has 1 rings (SSSR count). The predicted octanol–water partition coefficient (Wildman–Crippen LogP) is 4.19. The van der Waals surface area contributed by atoms with E-state index in [0.717, 1.165) is 19.3 Å². The molecule has 0 bridgehead atoms. The monoisotopic (exact) mass is 326 g/mol. The van der Waals surface area contributed by atoms with Crippen LogP contribution in [0.15, 0.2) is 0 Å². The van der Waals surface area contributed by atoms with E-state index in [1.165, 1.54) is 0 Å². The SMILES string of the molecule is FC(F)(F)C(F)(F)C(F)(F)CCCOCC1CCCCO1. The van der Waals surface area contributed by atoms with Crippen LogP contribution < -0.4 is 0 Å². The van der Waals surface area contributed by atoms with Crippen molar-refractivity contribution in [3.05, 3.63) is 0 Å². The van der Waals surface area contributed by atoms with Crippen LogP contribution in [0, 0.1) is 0 Å². The van der Waals surface area contributed by atoms with Crippen molar-refractivity contribution in [1.29, 1.82) is 0 Å². The van der Waals surface area contributed by atoms with Crippen LogP contribution in [0.2, 0.25) is 0 Å². The van der Waals surface area contributed by atoms with Gasteiger partial charge < -0.3 is 9.47 Å². The first-order valence-electron chi connectivity index (χ1n) is 6.59. The number of hydrogen-bond donors (Lipinski definition) is 0. The molecule has 9 heteroatoms. The van der Waals surface area contributed by atoms with E-state index in [1.54, 1.807) is 0 Å². The Morgan fingerprint density at radius 3 is 2.19 bits per heavy atom. The molecule has 0 aromatic rings. The minimum Gasteiger partial charge on any atom is -0.379 e. The zero-order valence-corrected chi connectivity index (χ0v) is 11.2. The number of hydrogen-bond acceptors (Lipinski definition) is 2. The average Bonchev–Trinajstić information content (AvgIpc) is 2.38. The second kappa shape index (κ2) is 7.13. The van der Waals surface area contributed by atoms with Crippen molar-refractivity contribution >= 4 is 0 Å². The molecule has 0 saturated carbocycles. The highest BCUT2D eigenvalue weighted by Crippen LogP contribution is 2.48. The van der Waals surface area contributed by atoms with Crippen LogP contribution in [0.5, 0.6) is 0 Å². The van der Waals surface area contributed by atoms with Crippen LogP contribution in [0.25, 0.3) is 0 Å². The molecule has 0 radical (unpaired) electrons. The Kier molecular flexibility index (Phi) is 6.27. The van der Waals surface area contributed by atoms with E-state index >= 15 is 0 Å². The first kappa shape index (κ1) is 18.5. The molecule has 0 aromatic heterocycles. The highest BCUT2D eigenvalue weighted by Gasteiger charge is 2.72. The third-order valence-corrected chi connectivity index (χ3v) is 3.17. The van der Waals surface area contributed by atoms with E-state index < -0.39 is 30.9 Å². The molecule has 1 fully saturated rings. The van der Waals surface area contributed by atoms with E-state index in [0.29, 0.717) is 6.61 Å². The summed E-state index contributed by atoms with van der Waals surface area (Å²) in [6.45, 7) is 0.383. The summed E-state index contributed by atoms with van der Waals surface area (Å²) in [4.78, 5) is 0. The lowest BCUT2D eigenvalue weighted by molar-refractivity contribution is -0.355. The van der Waals surface area contributed by atoms with Crippen LogP contribution in [0.1, 0.15) is 32.1 Å². The van der Waals surface area contributed by atoms with Crippen molar-refractivity contribution in [2.45, 2.75) is 56.2 Å². The molecule has 1 aliphatic rings. The third-order valence-electron chi connectivity index (χ3n) is 3.17. The van der Waals surface area contributed by atoms with Gasteiger partial charge in [-0.05, 0) is 25.7 Å². The van der Waals surface area contributed by atoms with Crippen molar-refractivity contribution < 1.29 is 40.2 Å². The van der Waals surface area contributed by atoms with Crippen molar-refractivity contribution in [3.63, 3.8) is 0 Å². The molecule has 0 N–H and O–H groups in total. The minimum atomic E-state index is -6.27. The Morgan fingerprint density at radius 2 is 1.67 bits per heavy atom. The van der Waals surface area contributed by atoms with Gasteiger partial charge in [-0.3, -0.25) is 0 Å². The van der Waals surface area contributed by atoms with Crippen LogP contribution in [0.3, 0.4) is 0 Å². The van der Waals surface area contributed by atoms with Gasteiger partial charge in [0.2, 0.25) is 0 Å². The fourth-order valence-corrected chi connectivity index (χ4v) is 1.91. The molecule has 2 nitrogen and oxygen atoms in total. The van der Waals surface area contributed by atoms with Gasteiger partial charge in [0.15, 0.2) is 0 Å². The highest BCUT2D eigenvalue weighted by molar-refractivity contribution is 4.90. The molecule has 0 amide bonds. The molecule has 126 valence electrons. The van der Waals surface area contributed by atoms with E-state index in [2.05, 4.69) is 0 Å². The second-order valence-corrected chi connectivity index (χ2v) is 4.94. The molecule has 1 atom stereocenters. The third kappa shape index (κ3) is 4.98. The van der Waals surface area contributed by atoms with Crippen molar-refractivity contribution in [3.8, 4) is 0 Å². The Morgan fingerprint density at radius 1 is 1.00 bits per heavy atom. The number of alkyl halides is 7. The minimum absolute atomic E-state index is 0.126. The summed E-state index contributed by atoms with van der Waals surface area (Å²) in [6, 6.07) is 0. The van der Waals surface area contributed by atoms with Gasteiger partial charge in [0.1, 0.15) is 0 Å². The zero-order chi connectivity index (χ0) is 16.1. The lowest BCUT2D eigenvalue weighted by atomic mass is 10.1. The maximum absolute atomic E-state index is 12.9. The standard InChI is InChI=1S/C12H17F7O2/c13-10(14,11(15,16)12(17,18)19)5-3-6-20-8-9-4-1-2-7-21-9/h9H,1-8H2. The summed E-state index contributed by atoms with van der Waals surface area (Å²) in [5.74, 6) is -11.2. The lowest BCUT2D eigenvalue weighted by Gasteiger charge is -2.28. The number of halogens is 7. The Balaban J connectivity index is 2.27. The van der Waals surface area contributed by atoms with E-state index in [9.17, 15) is 30.7 Å². The fourth-order valence-electron chi connectivity index (χ4n) is 1.91. The van der Waals surface area contributed by atoms with E-state index in [1.807, 2.05) is 0 Å². The summed E-state index contributed by atoms with van der Waals surface area (Å²) in [6.07, 6.45) is -6.00. The number of ether oxygens (including phenoxy) is 2. The van der Waals surface area contributed by atoms with Gasteiger partial charge in [-0.15, -0.1) is 0 Å². The smallest absolute Gasteiger partial charge is 0.379 e. The summed E-state index contributed by atoms with van der Waals surface area (Å²) in [5, 5.41) is 0. The van der Waals surface area contributed by atoms with Gasteiger partial charge in [0, 0.05) is 19.6 Å². The molecule has 1 unspecified atom stereocenters. The molecule has 1 saturated heterocycles. The van der Waals surface area contributed by atoms with Gasteiger partial charge in [0.25, 0.3) is 0 Å². The van der Waals surface area contributed by atoms with Gasteiger partial charge in [0.05, 0.1) is 12.7 Å². The van der Waals surface area contributed by atoms with Gasteiger partial charge in [-0.2, -0.15) is 30.7 Å². The van der Waals surface area contributed by atoms with E-state index in [4.69, 9.17) is 9.47 Å². The van der Waals surface area contributed by atoms with Gasteiger partial charge >= 0.3 is 18.0 Å². The van der Waals surface area contributed by atoms with Gasteiger partial charge in [-0.25, -0.2) is 0 Å². The van der Waals surface area contributed by atoms with Crippen LogP contribution >= 0.6 is 0 Å². The van der Waals surface area contributed by atoms with Crippen molar-refractivity contribution in [2.75, 3.05) is 19.8 Å². The molecule has 1 heterocycles. The molecule has 21 heavy (non-hydrogen) atoms. The molecule has 1 aliphatic heterocycles. The Hall–Kier alpha value is -0.570. The predicted molar refractivity (Wildman–Crippen MR) is 59.6 cm³/mol. The summed E-state index contributed by atoms with van der Waals surface area (Å²) in [5.41, 5.74) is 0. The topological polar surface area (TPSA) is 18.5 Å². The van der Waals surface area contributed by atoms with Crippen LogP contribution in [-0.2, 0) is 9.47 Å². The zero-order valence-electron chi connectivity index (χ0n) is 11.2. The first-order valence-corrected chi connectivity index (χ1v) is 6.59. The van der Waals surface area contributed by atoms with Crippen molar-refractivity contribution in [2.24, 2.45) is 0 Å². The molecule has 0 aliphatic carbocycles. The van der Waals surface area contributed by atoms with Gasteiger partial charge in [-0.1, -0.05) is 0 Å². The van der Waals surface area contributed by atoms with Crippen LogP contribution in [-0.4, -0.2) is 43.9 Å². The Bertz CT molecular complexity index is 311. The molecule has 0 spiro atoms. The summed E-state index contributed by atoms with van der Waals surface area (Å²) >= 11 is 0. The first-order chi connectivity index (χ1) is 9.58. The summed E-state index contributed by atoms with van der Waals surface area (Å²) < 4.78 is 96.9. The normalized spacial score (nSPS) is 21.6. The largest absolute Gasteiger partial charge is 0.459 e. The maximum Gasteiger partial charge on any atom is 0.459 e. The maximum atomic E-state index is 12.9. The quantitative estimate of drug-likeness (QED) is 0.516. The number of rotatable bonds is 7. The average molecular weight is 326 g/mol. The second-order valence-electron chi connectivity index (χ2n) is 4.94. The molecular weight excluding hydrogens is 309 g/mol.